The number of nitrogens with one attached hydrogen (secondary N) is 1. The van der Waals surface area contributed by atoms with Crippen LogP contribution in [-0.4, -0.2) is 31.1 Å². The molecular formula is C18H24BrNO3Si. The second-order valence-electron chi connectivity index (χ2n) is 7.26. The van der Waals surface area contributed by atoms with E-state index >= 15 is 0 Å². The van der Waals surface area contributed by atoms with Crippen molar-refractivity contribution in [3.8, 4) is 11.5 Å². The molecule has 0 saturated heterocycles. The van der Waals surface area contributed by atoms with Crippen LogP contribution < -0.4 is 5.32 Å². The highest BCUT2D eigenvalue weighted by Gasteiger charge is 2.33. The Bertz CT molecular complexity index is 683. The molecule has 24 heavy (non-hydrogen) atoms. The lowest BCUT2D eigenvalue weighted by Crippen LogP contribution is -2.41. The van der Waals surface area contributed by atoms with E-state index in [1.165, 1.54) is 0 Å². The largest absolute Gasteiger partial charge is 0.480 e. The zero-order valence-corrected chi connectivity index (χ0v) is 17.3. The molecule has 6 heteroatoms. The predicted octanol–water partition coefficient (Wildman–Crippen LogP) is 4.07. The van der Waals surface area contributed by atoms with Crippen molar-refractivity contribution in [2.45, 2.75) is 51.4 Å². The fourth-order valence-corrected chi connectivity index (χ4v) is 2.95. The highest BCUT2D eigenvalue weighted by atomic mass is 79.9. The van der Waals surface area contributed by atoms with Crippen LogP contribution in [0.5, 0.6) is 0 Å². The third-order valence-corrected chi connectivity index (χ3v) is 9.32. The topological polar surface area (TPSA) is 66.4 Å². The van der Waals surface area contributed by atoms with Crippen LogP contribution in [0.3, 0.4) is 0 Å². The molecule has 0 saturated carbocycles. The van der Waals surface area contributed by atoms with E-state index in [4.69, 9.17) is 0 Å². The molecule has 1 atom stereocenters. The fourth-order valence-electron chi connectivity index (χ4n) is 1.63. The van der Waals surface area contributed by atoms with Crippen LogP contribution in [0, 0.1) is 11.5 Å². The van der Waals surface area contributed by atoms with Gasteiger partial charge in [-0.1, -0.05) is 55.9 Å². The fraction of sp³-hybridized carbons (Fsp3) is 0.444. The van der Waals surface area contributed by atoms with Crippen LogP contribution in [0.4, 0.5) is 0 Å². The van der Waals surface area contributed by atoms with Crippen LogP contribution in [0.1, 0.15) is 37.6 Å². The minimum absolute atomic E-state index is 0.0988. The molecule has 0 spiro atoms. The van der Waals surface area contributed by atoms with Crippen LogP contribution in [0.25, 0.3) is 0 Å². The van der Waals surface area contributed by atoms with Crippen molar-refractivity contribution in [2.24, 2.45) is 0 Å². The first-order valence-corrected chi connectivity index (χ1v) is 11.5. The number of hydrogen-bond acceptors (Lipinski definition) is 2. The molecule has 2 N–H and O–H groups in total. The molecule has 0 radical (unpaired) electrons. The Labute approximate surface area is 153 Å². The Balaban J connectivity index is 2.83. The summed E-state index contributed by atoms with van der Waals surface area (Å²) in [7, 11) is -1.79. The molecule has 1 aromatic carbocycles. The van der Waals surface area contributed by atoms with Gasteiger partial charge in [0.05, 0.1) is 0 Å². The standard InChI is InChI=1S/C18H24BrNO3Si/c1-18(2,3)24(4,5)11-7-10-15(17(22)23)20-16(21)13-8-6-9-14(19)12-13/h6,8-9,12,15H,10H2,1-5H3,(H,20,21)(H,22,23)/t15-/m0/s1. The lowest BCUT2D eigenvalue weighted by molar-refractivity contribution is -0.139. The predicted molar refractivity (Wildman–Crippen MR) is 103 cm³/mol. The molecule has 0 bridgehead atoms. The van der Waals surface area contributed by atoms with E-state index in [0.29, 0.717) is 5.56 Å². The normalized spacial score (nSPS) is 12.8. The molecule has 130 valence electrons. The SMILES string of the molecule is CC(C)(C)[Si](C)(C)C#CC[C@H](NC(=O)c1cccc(Br)c1)C(=O)O. The number of halogens is 1. The number of benzene rings is 1. The molecule has 1 aromatic rings. The third kappa shape index (κ3) is 5.80. The zero-order chi connectivity index (χ0) is 18.5. The van der Waals surface area contributed by atoms with Gasteiger partial charge in [-0.15, -0.1) is 11.5 Å². The second kappa shape index (κ2) is 7.99. The Kier molecular flexibility index (Phi) is 6.82. The van der Waals surface area contributed by atoms with Gasteiger partial charge in [-0.3, -0.25) is 4.79 Å². The van der Waals surface area contributed by atoms with Gasteiger partial charge in [0, 0.05) is 16.5 Å². The van der Waals surface area contributed by atoms with Gasteiger partial charge in [0.2, 0.25) is 0 Å². The summed E-state index contributed by atoms with van der Waals surface area (Å²) in [4.78, 5) is 23.6. The molecule has 0 fully saturated rings. The van der Waals surface area contributed by atoms with Crippen molar-refractivity contribution in [2.75, 3.05) is 0 Å². The van der Waals surface area contributed by atoms with E-state index < -0.39 is 26.0 Å². The van der Waals surface area contributed by atoms with Gasteiger partial charge in [-0.05, 0) is 23.2 Å². The number of carboxylic acid groups (broad SMARTS) is 1. The van der Waals surface area contributed by atoms with Gasteiger partial charge in [-0.2, -0.15) is 0 Å². The highest BCUT2D eigenvalue weighted by Crippen LogP contribution is 2.35. The summed E-state index contributed by atoms with van der Waals surface area (Å²) in [6, 6.07) is 5.80. The Hall–Kier alpha value is -1.58. The summed E-state index contributed by atoms with van der Waals surface area (Å²) in [5.41, 5.74) is 3.68. The van der Waals surface area contributed by atoms with E-state index in [9.17, 15) is 14.7 Å². The Morgan fingerprint density at radius 1 is 1.33 bits per heavy atom. The van der Waals surface area contributed by atoms with Gasteiger partial charge in [-0.25, -0.2) is 4.79 Å². The Morgan fingerprint density at radius 3 is 2.46 bits per heavy atom. The average molecular weight is 410 g/mol. The van der Waals surface area contributed by atoms with Crippen LogP contribution >= 0.6 is 15.9 Å². The lowest BCUT2D eigenvalue weighted by Gasteiger charge is -2.31. The number of carbonyl (C=O) groups is 2. The van der Waals surface area contributed by atoms with Crippen molar-refractivity contribution in [3.63, 3.8) is 0 Å². The lowest BCUT2D eigenvalue weighted by atomic mass is 10.1. The number of rotatable bonds is 4. The van der Waals surface area contributed by atoms with Crippen molar-refractivity contribution in [1.29, 1.82) is 0 Å². The number of hydrogen-bond donors (Lipinski definition) is 2. The number of aliphatic carboxylic acids is 1. The summed E-state index contributed by atoms with van der Waals surface area (Å²) in [5, 5.41) is 12.0. The van der Waals surface area contributed by atoms with Crippen molar-refractivity contribution >= 4 is 35.9 Å². The van der Waals surface area contributed by atoms with Crippen LogP contribution in [0.2, 0.25) is 18.1 Å². The molecule has 4 nitrogen and oxygen atoms in total. The minimum Gasteiger partial charge on any atom is -0.480 e. The van der Waals surface area contributed by atoms with E-state index in [-0.39, 0.29) is 11.5 Å². The van der Waals surface area contributed by atoms with Crippen molar-refractivity contribution in [3.05, 3.63) is 34.3 Å². The van der Waals surface area contributed by atoms with Gasteiger partial charge < -0.3 is 10.4 Å². The molecule has 0 aliphatic rings. The first kappa shape index (κ1) is 20.5. The zero-order valence-electron chi connectivity index (χ0n) is 14.7. The molecule has 1 amide bonds. The quantitative estimate of drug-likeness (QED) is 0.581. The third-order valence-electron chi connectivity index (χ3n) is 4.27. The number of amides is 1. The summed E-state index contributed by atoms with van der Waals surface area (Å²) >= 11 is 3.29. The molecular weight excluding hydrogens is 386 g/mol. The number of carboxylic acids is 1. The monoisotopic (exact) mass is 409 g/mol. The molecule has 0 aliphatic heterocycles. The van der Waals surface area contributed by atoms with Crippen LogP contribution in [-0.2, 0) is 4.79 Å². The highest BCUT2D eigenvalue weighted by molar-refractivity contribution is 9.10. The maximum absolute atomic E-state index is 12.2. The van der Waals surface area contributed by atoms with Crippen molar-refractivity contribution < 1.29 is 14.7 Å². The van der Waals surface area contributed by atoms with Gasteiger partial charge >= 0.3 is 5.97 Å². The van der Waals surface area contributed by atoms with Crippen LogP contribution in [0.15, 0.2) is 28.7 Å². The maximum Gasteiger partial charge on any atom is 0.327 e. The van der Waals surface area contributed by atoms with Crippen molar-refractivity contribution in [1.82, 2.24) is 5.32 Å². The molecule has 0 aliphatic carbocycles. The summed E-state index contributed by atoms with van der Waals surface area (Å²) in [5.74, 6) is 1.49. The molecule has 0 unspecified atom stereocenters. The minimum atomic E-state index is -1.79. The summed E-state index contributed by atoms with van der Waals surface area (Å²) < 4.78 is 0.764. The van der Waals surface area contributed by atoms with E-state index in [1.54, 1.807) is 24.3 Å². The second-order valence-corrected chi connectivity index (χ2v) is 13.2. The number of carbonyl (C=O) groups excluding carboxylic acids is 1. The van der Waals surface area contributed by atoms with E-state index in [2.05, 4.69) is 66.6 Å². The first-order valence-electron chi connectivity index (χ1n) is 7.73. The Morgan fingerprint density at radius 2 is 1.96 bits per heavy atom. The maximum atomic E-state index is 12.2. The summed E-state index contributed by atoms with van der Waals surface area (Å²) in [6.07, 6.45) is 0.0988. The van der Waals surface area contributed by atoms with Gasteiger partial charge in [0.25, 0.3) is 5.91 Å². The average Bonchev–Trinajstić information content (AvgIpc) is 2.44. The molecule has 1 rings (SSSR count). The summed E-state index contributed by atoms with van der Waals surface area (Å²) in [6.45, 7) is 10.8. The van der Waals surface area contributed by atoms with E-state index in [0.717, 1.165) is 4.47 Å². The van der Waals surface area contributed by atoms with Gasteiger partial charge in [0.1, 0.15) is 14.1 Å². The molecule has 0 heterocycles. The van der Waals surface area contributed by atoms with Gasteiger partial charge in [0.15, 0.2) is 0 Å². The first-order chi connectivity index (χ1) is 10.9. The van der Waals surface area contributed by atoms with E-state index in [1.807, 2.05) is 0 Å². The smallest absolute Gasteiger partial charge is 0.327 e. The molecule has 0 aromatic heterocycles.